The lowest BCUT2D eigenvalue weighted by Crippen LogP contribution is -2.30. The number of nitrogens with zero attached hydrogens (tertiary/aromatic N) is 4. The Kier molecular flexibility index (Phi) is 5.58. The summed E-state index contributed by atoms with van der Waals surface area (Å²) < 4.78 is 2.02. The lowest BCUT2D eigenvalue weighted by molar-refractivity contribution is 0.0697. The first-order valence-electron chi connectivity index (χ1n) is 10.5. The van der Waals surface area contributed by atoms with E-state index < -0.39 is 5.97 Å². The lowest BCUT2D eigenvalue weighted by Gasteiger charge is -2.29. The van der Waals surface area contributed by atoms with Gasteiger partial charge in [-0.25, -0.2) is 4.79 Å². The van der Waals surface area contributed by atoms with Gasteiger partial charge in [0.25, 0.3) is 0 Å². The summed E-state index contributed by atoms with van der Waals surface area (Å²) in [4.78, 5) is 22.4. The third-order valence-corrected chi connectivity index (χ3v) is 6.11. The van der Waals surface area contributed by atoms with Crippen molar-refractivity contribution in [3.8, 4) is 5.69 Å². The van der Waals surface area contributed by atoms with Crippen LogP contribution in [0.2, 0.25) is 0 Å². The van der Waals surface area contributed by atoms with Gasteiger partial charge in [0.2, 0.25) is 0 Å². The fraction of sp³-hybridized carbons (Fsp3) is 0.120. The van der Waals surface area contributed by atoms with Crippen molar-refractivity contribution in [1.29, 1.82) is 0 Å². The van der Waals surface area contributed by atoms with Crippen molar-refractivity contribution in [3.05, 3.63) is 114 Å². The molecule has 5 rings (SSSR count). The first kappa shape index (κ1) is 20.8. The maximum Gasteiger partial charge on any atom is 0.335 e. The molecule has 0 radical (unpaired) electrons. The van der Waals surface area contributed by atoms with Gasteiger partial charge in [-0.2, -0.15) is 0 Å². The second-order valence-electron chi connectivity index (χ2n) is 7.77. The zero-order valence-corrected chi connectivity index (χ0v) is 18.4. The van der Waals surface area contributed by atoms with Crippen molar-refractivity contribution in [1.82, 2.24) is 24.8 Å². The summed E-state index contributed by atoms with van der Waals surface area (Å²) in [5.74, 6) is -0.958. The molecule has 0 aliphatic carbocycles. The van der Waals surface area contributed by atoms with Gasteiger partial charge < -0.3 is 19.9 Å². The number of nitrogens with one attached hydrogen (secondary N) is 1. The number of aromatic carboxylic acids is 1. The van der Waals surface area contributed by atoms with Crippen LogP contribution in [-0.2, 0) is 6.54 Å². The van der Waals surface area contributed by atoms with E-state index in [0.717, 1.165) is 22.6 Å². The van der Waals surface area contributed by atoms with Crippen molar-refractivity contribution in [2.75, 3.05) is 0 Å². The average Bonchev–Trinajstić information content (AvgIpc) is 3.45. The summed E-state index contributed by atoms with van der Waals surface area (Å²) in [5.41, 5.74) is 3.97. The number of hydrogen-bond acceptors (Lipinski definition) is 4. The van der Waals surface area contributed by atoms with Crippen molar-refractivity contribution >= 4 is 23.3 Å². The first-order chi connectivity index (χ1) is 16.1. The van der Waals surface area contributed by atoms with Crippen LogP contribution in [-0.4, -0.2) is 35.6 Å². The van der Waals surface area contributed by atoms with E-state index in [-0.39, 0.29) is 17.6 Å². The maximum atomic E-state index is 11.5. The molecule has 0 unspecified atom stereocenters. The van der Waals surface area contributed by atoms with Gasteiger partial charge >= 0.3 is 5.97 Å². The zero-order valence-electron chi connectivity index (χ0n) is 17.6. The highest BCUT2D eigenvalue weighted by atomic mass is 32.1. The molecule has 164 valence electrons. The Hall–Kier alpha value is -4.04. The van der Waals surface area contributed by atoms with Crippen LogP contribution < -0.4 is 5.32 Å². The van der Waals surface area contributed by atoms with E-state index in [1.165, 1.54) is 0 Å². The summed E-state index contributed by atoms with van der Waals surface area (Å²) in [6.45, 7) is 0.600. The van der Waals surface area contributed by atoms with E-state index in [2.05, 4.69) is 20.2 Å². The molecule has 1 aromatic carbocycles. The third kappa shape index (κ3) is 4.08. The minimum absolute atomic E-state index is 0.163. The molecule has 3 aromatic heterocycles. The second-order valence-corrected chi connectivity index (χ2v) is 8.16. The van der Waals surface area contributed by atoms with Crippen LogP contribution >= 0.6 is 12.2 Å². The SMILES string of the molecule is O=C(O)c1cccc(-n2cccc2[C@@H]2[C@H](c3ccccn3)NC(=S)N2Cc2ccncc2)c1. The zero-order chi connectivity index (χ0) is 22.8. The Morgan fingerprint density at radius 3 is 2.64 bits per heavy atom. The summed E-state index contributed by atoms with van der Waals surface area (Å²) >= 11 is 5.77. The Morgan fingerprint density at radius 1 is 1.03 bits per heavy atom. The normalized spacial score (nSPS) is 17.7. The fourth-order valence-corrected chi connectivity index (χ4v) is 4.55. The van der Waals surface area contributed by atoms with Gasteiger partial charge in [0.05, 0.1) is 23.3 Å². The molecule has 0 spiro atoms. The van der Waals surface area contributed by atoms with E-state index in [1.807, 2.05) is 59.3 Å². The van der Waals surface area contributed by atoms with Crippen molar-refractivity contribution in [2.24, 2.45) is 0 Å². The predicted octanol–water partition coefficient (Wildman–Crippen LogP) is 4.14. The number of carboxylic acids is 1. The van der Waals surface area contributed by atoms with E-state index in [1.54, 1.807) is 36.8 Å². The van der Waals surface area contributed by atoms with E-state index in [9.17, 15) is 9.90 Å². The molecule has 1 fully saturated rings. The molecule has 4 aromatic rings. The lowest BCUT2D eigenvalue weighted by atomic mass is 10.0. The number of carboxylic acid groups (broad SMARTS) is 1. The van der Waals surface area contributed by atoms with Crippen LogP contribution in [0.3, 0.4) is 0 Å². The molecular formula is C25H21N5O2S. The average molecular weight is 456 g/mol. The molecule has 2 atom stereocenters. The molecule has 4 heterocycles. The minimum Gasteiger partial charge on any atom is -0.478 e. The summed E-state index contributed by atoms with van der Waals surface area (Å²) in [6.07, 6.45) is 7.26. The molecule has 1 saturated heterocycles. The van der Waals surface area contributed by atoms with Gasteiger partial charge in [0.15, 0.2) is 5.11 Å². The second kappa shape index (κ2) is 8.84. The van der Waals surface area contributed by atoms with Gasteiger partial charge in [-0.3, -0.25) is 9.97 Å². The Labute approximate surface area is 196 Å². The molecule has 0 saturated carbocycles. The number of hydrogen-bond donors (Lipinski definition) is 2. The van der Waals surface area contributed by atoms with Crippen LogP contribution in [0, 0.1) is 0 Å². The van der Waals surface area contributed by atoms with Crippen LogP contribution in [0.5, 0.6) is 0 Å². The predicted molar refractivity (Wildman–Crippen MR) is 128 cm³/mol. The number of benzene rings is 1. The van der Waals surface area contributed by atoms with Gasteiger partial charge in [-0.1, -0.05) is 12.1 Å². The molecule has 0 bridgehead atoms. The van der Waals surface area contributed by atoms with Crippen LogP contribution in [0.1, 0.15) is 39.4 Å². The molecule has 1 aliphatic heterocycles. The van der Waals surface area contributed by atoms with Crippen LogP contribution in [0.4, 0.5) is 0 Å². The fourth-order valence-electron chi connectivity index (χ4n) is 4.24. The third-order valence-electron chi connectivity index (χ3n) is 5.75. The molecule has 33 heavy (non-hydrogen) atoms. The van der Waals surface area contributed by atoms with Crippen molar-refractivity contribution < 1.29 is 9.90 Å². The molecule has 2 N–H and O–H groups in total. The minimum atomic E-state index is -0.958. The highest BCUT2D eigenvalue weighted by molar-refractivity contribution is 7.80. The van der Waals surface area contributed by atoms with Gasteiger partial charge in [-0.05, 0) is 72.4 Å². The molecular weight excluding hydrogens is 434 g/mol. The smallest absolute Gasteiger partial charge is 0.335 e. The summed E-state index contributed by atoms with van der Waals surface area (Å²) in [5, 5.41) is 13.6. The Bertz CT molecular complexity index is 1290. The molecule has 8 heteroatoms. The monoisotopic (exact) mass is 455 g/mol. The number of carbonyl (C=O) groups is 1. The van der Waals surface area contributed by atoms with Gasteiger partial charge in [-0.15, -0.1) is 0 Å². The highest BCUT2D eigenvalue weighted by Crippen LogP contribution is 2.40. The van der Waals surface area contributed by atoms with E-state index in [0.29, 0.717) is 11.7 Å². The highest BCUT2D eigenvalue weighted by Gasteiger charge is 2.41. The van der Waals surface area contributed by atoms with Crippen LogP contribution in [0.15, 0.2) is 91.5 Å². The van der Waals surface area contributed by atoms with E-state index in [4.69, 9.17) is 12.2 Å². The number of aromatic nitrogens is 3. The topological polar surface area (TPSA) is 83.3 Å². The Balaban J connectivity index is 1.61. The van der Waals surface area contributed by atoms with Crippen molar-refractivity contribution in [3.63, 3.8) is 0 Å². The number of pyridine rings is 2. The largest absolute Gasteiger partial charge is 0.478 e. The molecule has 0 amide bonds. The van der Waals surface area contributed by atoms with Gasteiger partial charge in [0, 0.05) is 42.7 Å². The molecule has 1 aliphatic rings. The maximum absolute atomic E-state index is 11.5. The van der Waals surface area contributed by atoms with E-state index >= 15 is 0 Å². The number of rotatable bonds is 6. The van der Waals surface area contributed by atoms with Crippen molar-refractivity contribution in [2.45, 2.75) is 18.6 Å². The Morgan fingerprint density at radius 2 is 1.88 bits per heavy atom. The summed E-state index contributed by atoms with van der Waals surface area (Å²) in [6, 6.07) is 20.4. The van der Waals surface area contributed by atoms with Crippen LogP contribution in [0.25, 0.3) is 5.69 Å². The quantitative estimate of drug-likeness (QED) is 0.423. The number of thiocarbonyl (C=S) groups is 1. The van der Waals surface area contributed by atoms with Gasteiger partial charge in [0.1, 0.15) is 0 Å². The first-order valence-corrected chi connectivity index (χ1v) is 10.9. The molecule has 7 nitrogen and oxygen atoms in total. The summed E-state index contributed by atoms with van der Waals surface area (Å²) in [7, 11) is 0. The standard InChI is InChI=1S/C25H21N5O2S/c31-24(32)18-5-3-6-19(15-18)29-14-4-8-21(29)23-22(20-7-1-2-11-27-20)28-25(33)30(23)16-17-9-12-26-13-10-17/h1-15,22-23H,16H2,(H,28,33)(H,31,32)/t22-,23+/m0/s1.